The van der Waals surface area contributed by atoms with Crippen LogP contribution in [0, 0.1) is 0 Å². The van der Waals surface area contributed by atoms with Crippen molar-refractivity contribution >= 4 is 0 Å². The lowest BCUT2D eigenvalue weighted by atomic mass is 9.80. The quantitative estimate of drug-likeness (QED) is 0.896. The Morgan fingerprint density at radius 1 is 0.947 bits per heavy atom. The third-order valence-electron chi connectivity index (χ3n) is 3.78. The second-order valence-electron chi connectivity index (χ2n) is 5.10. The molecule has 4 nitrogen and oxygen atoms in total. The van der Waals surface area contributed by atoms with Crippen LogP contribution in [-0.2, 0) is 5.60 Å². The number of aliphatic hydroxyl groups is 1. The van der Waals surface area contributed by atoms with Crippen LogP contribution in [-0.4, -0.2) is 20.1 Å². The summed E-state index contributed by atoms with van der Waals surface area (Å²) in [5.41, 5.74) is 0.956. The molecule has 0 atom stereocenters. The van der Waals surface area contributed by atoms with Crippen LogP contribution in [0.25, 0.3) is 11.5 Å². The molecule has 3 rings (SSSR count). The first-order valence-corrected chi connectivity index (χ1v) is 6.74. The van der Waals surface area contributed by atoms with E-state index < -0.39 is 5.60 Å². The molecule has 98 valence electrons. The summed E-state index contributed by atoms with van der Waals surface area (Å²) in [5, 5.41) is 10.6. The number of pyridine rings is 1. The zero-order valence-electron chi connectivity index (χ0n) is 10.8. The average molecular weight is 255 g/mol. The number of nitrogens with zero attached hydrogens (tertiary/aromatic N) is 3. The molecule has 0 aliphatic heterocycles. The van der Waals surface area contributed by atoms with Gasteiger partial charge in [-0.2, -0.15) is 0 Å². The molecule has 0 amide bonds. The van der Waals surface area contributed by atoms with E-state index >= 15 is 0 Å². The maximum atomic E-state index is 10.6. The summed E-state index contributed by atoms with van der Waals surface area (Å²) in [4.78, 5) is 12.7. The van der Waals surface area contributed by atoms with Gasteiger partial charge in [0.05, 0.1) is 5.60 Å². The lowest BCUT2D eigenvalue weighted by Crippen LogP contribution is -2.28. The Labute approximate surface area is 112 Å². The molecular formula is C15H17N3O. The predicted molar refractivity (Wildman–Crippen MR) is 72.2 cm³/mol. The first-order valence-electron chi connectivity index (χ1n) is 6.74. The van der Waals surface area contributed by atoms with Gasteiger partial charge in [-0.05, 0) is 25.0 Å². The maximum absolute atomic E-state index is 10.6. The van der Waals surface area contributed by atoms with Crippen molar-refractivity contribution in [1.82, 2.24) is 15.0 Å². The number of rotatable bonds is 2. The van der Waals surface area contributed by atoms with Crippen LogP contribution in [0.15, 0.2) is 36.8 Å². The zero-order chi connectivity index (χ0) is 13.1. The molecule has 0 saturated heterocycles. The van der Waals surface area contributed by atoms with Gasteiger partial charge in [-0.25, -0.2) is 9.97 Å². The molecule has 4 heteroatoms. The second-order valence-corrected chi connectivity index (χ2v) is 5.10. The van der Waals surface area contributed by atoms with Gasteiger partial charge in [0.2, 0.25) is 0 Å². The molecule has 2 aromatic rings. The van der Waals surface area contributed by atoms with Crippen LogP contribution in [0.2, 0.25) is 0 Å². The molecule has 0 bridgehead atoms. The first kappa shape index (κ1) is 12.2. The van der Waals surface area contributed by atoms with Crippen LogP contribution in [0.4, 0.5) is 0 Å². The van der Waals surface area contributed by atoms with E-state index in [2.05, 4.69) is 15.0 Å². The Morgan fingerprint density at radius 3 is 2.32 bits per heavy atom. The van der Waals surface area contributed by atoms with E-state index in [1.165, 1.54) is 6.42 Å². The molecule has 0 radical (unpaired) electrons. The van der Waals surface area contributed by atoms with Crippen LogP contribution in [0.1, 0.15) is 37.7 Å². The van der Waals surface area contributed by atoms with Gasteiger partial charge in [0, 0.05) is 24.2 Å². The standard InChI is InChI=1S/C15H17N3O/c19-15(7-2-1-3-8-15)12-5-6-13(18-11-12)14-16-9-4-10-17-14/h4-6,9-11,19H,1-3,7-8H2. The lowest BCUT2D eigenvalue weighted by Gasteiger charge is -2.32. The molecule has 2 aromatic heterocycles. The summed E-state index contributed by atoms with van der Waals surface area (Å²) >= 11 is 0. The van der Waals surface area contributed by atoms with Crippen molar-refractivity contribution in [3.63, 3.8) is 0 Å². The minimum atomic E-state index is -0.693. The van der Waals surface area contributed by atoms with Crippen molar-refractivity contribution in [3.8, 4) is 11.5 Å². The van der Waals surface area contributed by atoms with Gasteiger partial charge in [0.15, 0.2) is 5.82 Å². The molecule has 2 heterocycles. The first-order chi connectivity index (χ1) is 9.28. The van der Waals surface area contributed by atoms with Crippen molar-refractivity contribution < 1.29 is 5.11 Å². The maximum Gasteiger partial charge on any atom is 0.178 e. The molecule has 1 aliphatic rings. The van der Waals surface area contributed by atoms with Gasteiger partial charge in [-0.3, -0.25) is 4.98 Å². The Bertz CT molecular complexity index is 533. The van der Waals surface area contributed by atoms with Crippen molar-refractivity contribution in [3.05, 3.63) is 42.4 Å². The number of hydrogen-bond acceptors (Lipinski definition) is 4. The van der Waals surface area contributed by atoms with Crippen molar-refractivity contribution in [2.24, 2.45) is 0 Å². The summed E-state index contributed by atoms with van der Waals surface area (Å²) in [6, 6.07) is 5.61. The normalized spacial score (nSPS) is 18.2. The van der Waals surface area contributed by atoms with E-state index in [1.807, 2.05) is 12.1 Å². The molecule has 19 heavy (non-hydrogen) atoms. The molecular weight excluding hydrogens is 238 g/mol. The minimum absolute atomic E-state index is 0.615. The minimum Gasteiger partial charge on any atom is -0.385 e. The van der Waals surface area contributed by atoms with Crippen LogP contribution < -0.4 is 0 Å². The lowest BCUT2D eigenvalue weighted by molar-refractivity contribution is -0.000905. The third-order valence-corrected chi connectivity index (χ3v) is 3.78. The van der Waals surface area contributed by atoms with E-state index in [1.54, 1.807) is 24.7 Å². The van der Waals surface area contributed by atoms with Gasteiger partial charge in [0.25, 0.3) is 0 Å². The highest BCUT2D eigenvalue weighted by molar-refractivity contribution is 5.48. The van der Waals surface area contributed by atoms with Crippen LogP contribution in [0.3, 0.4) is 0 Å². The molecule has 1 fully saturated rings. The summed E-state index contributed by atoms with van der Waals surface area (Å²) in [5.74, 6) is 0.615. The molecule has 0 aromatic carbocycles. The molecule has 1 aliphatic carbocycles. The van der Waals surface area contributed by atoms with Gasteiger partial charge >= 0.3 is 0 Å². The smallest absolute Gasteiger partial charge is 0.178 e. The van der Waals surface area contributed by atoms with Crippen LogP contribution in [0.5, 0.6) is 0 Å². The summed E-state index contributed by atoms with van der Waals surface area (Å²) < 4.78 is 0. The van der Waals surface area contributed by atoms with Crippen molar-refractivity contribution in [2.45, 2.75) is 37.7 Å². The predicted octanol–water partition coefficient (Wildman–Crippen LogP) is 2.69. The van der Waals surface area contributed by atoms with E-state index in [9.17, 15) is 5.11 Å². The van der Waals surface area contributed by atoms with Crippen molar-refractivity contribution in [2.75, 3.05) is 0 Å². The fourth-order valence-electron chi connectivity index (χ4n) is 2.66. The largest absolute Gasteiger partial charge is 0.385 e. The van der Waals surface area contributed by atoms with E-state index in [0.717, 1.165) is 36.9 Å². The van der Waals surface area contributed by atoms with Gasteiger partial charge < -0.3 is 5.11 Å². The second kappa shape index (κ2) is 5.05. The Balaban J connectivity index is 1.87. The highest BCUT2D eigenvalue weighted by Gasteiger charge is 2.31. The molecule has 1 N–H and O–H groups in total. The monoisotopic (exact) mass is 255 g/mol. The SMILES string of the molecule is OC1(c2ccc(-c3ncccn3)nc2)CCCCC1. The van der Waals surface area contributed by atoms with Crippen LogP contribution >= 0.6 is 0 Å². The Kier molecular flexibility index (Phi) is 3.25. The zero-order valence-corrected chi connectivity index (χ0v) is 10.8. The Hall–Kier alpha value is -1.81. The summed E-state index contributed by atoms with van der Waals surface area (Å²) in [6.45, 7) is 0. The topological polar surface area (TPSA) is 58.9 Å². The third kappa shape index (κ3) is 2.49. The molecule has 0 unspecified atom stereocenters. The number of hydrogen-bond donors (Lipinski definition) is 1. The highest BCUT2D eigenvalue weighted by atomic mass is 16.3. The Morgan fingerprint density at radius 2 is 1.68 bits per heavy atom. The van der Waals surface area contributed by atoms with Crippen molar-refractivity contribution in [1.29, 1.82) is 0 Å². The fourth-order valence-corrected chi connectivity index (χ4v) is 2.66. The summed E-state index contributed by atoms with van der Waals surface area (Å²) in [6.07, 6.45) is 10.2. The van der Waals surface area contributed by atoms with E-state index in [4.69, 9.17) is 0 Å². The van der Waals surface area contributed by atoms with E-state index in [-0.39, 0.29) is 0 Å². The fraction of sp³-hybridized carbons (Fsp3) is 0.400. The van der Waals surface area contributed by atoms with Gasteiger partial charge in [-0.1, -0.05) is 25.3 Å². The number of aromatic nitrogens is 3. The molecule has 1 saturated carbocycles. The summed E-state index contributed by atoms with van der Waals surface area (Å²) in [7, 11) is 0. The average Bonchev–Trinajstić information content (AvgIpc) is 2.49. The highest BCUT2D eigenvalue weighted by Crippen LogP contribution is 2.36. The molecule has 0 spiro atoms. The van der Waals surface area contributed by atoms with Gasteiger partial charge in [0.1, 0.15) is 5.69 Å². The van der Waals surface area contributed by atoms with Gasteiger partial charge in [-0.15, -0.1) is 0 Å². The van der Waals surface area contributed by atoms with E-state index in [0.29, 0.717) is 5.82 Å².